The molecule has 0 saturated carbocycles. The summed E-state index contributed by atoms with van der Waals surface area (Å²) in [7, 11) is -1.51. The van der Waals surface area contributed by atoms with E-state index >= 15 is 0 Å². The van der Waals surface area contributed by atoms with E-state index in [0.29, 0.717) is 18.9 Å². The van der Waals surface area contributed by atoms with E-state index in [2.05, 4.69) is 29.2 Å². The first-order chi connectivity index (χ1) is 11.5. The maximum atomic E-state index is 12.5. The van der Waals surface area contributed by atoms with Gasteiger partial charge in [-0.1, -0.05) is 24.3 Å². The normalized spacial score (nSPS) is 14.9. The monoisotopic (exact) mass is 344 g/mol. The number of sulfonamides is 1. The highest BCUT2D eigenvalue weighted by Crippen LogP contribution is 2.29. The van der Waals surface area contributed by atoms with Gasteiger partial charge in [-0.2, -0.15) is 0 Å². The van der Waals surface area contributed by atoms with Crippen LogP contribution in [0.4, 0.5) is 0 Å². The molecule has 0 spiro atoms. The molecular weight excluding hydrogens is 320 g/mol. The van der Waals surface area contributed by atoms with Crippen molar-refractivity contribution >= 4 is 10.0 Å². The SMILES string of the molecule is CN(CCc1ccncc1)S(=O)(=O)CCC1Cc2ccccc2C1. The third kappa shape index (κ3) is 4.22. The van der Waals surface area contributed by atoms with Gasteiger partial charge >= 0.3 is 0 Å². The Hall–Kier alpha value is -1.72. The second-order valence-electron chi connectivity index (χ2n) is 6.57. The molecule has 1 heterocycles. The Morgan fingerprint density at radius 1 is 1.08 bits per heavy atom. The van der Waals surface area contributed by atoms with Gasteiger partial charge in [0.05, 0.1) is 5.75 Å². The van der Waals surface area contributed by atoms with Gasteiger partial charge in [0.25, 0.3) is 0 Å². The third-order valence-corrected chi connectivity index (χ3v) is 6.74. The van der Waals surface area contributed by atoms with Gasteiger partial charge in [0.15, 0.2) is 0 Å². The Bertz CT molecular complexity index is 750. The molecule has 24 heavy (non-hydrogen) atoms. The standard InChI is InChI=1S/C19H24N2O2S/c1-21(12-8-16-6-10-20-11-7-16)24(22,23)13-9-17-14-18-4-2-3-5-19(18)15-17/h2-7,10-11,17H,8-9,12-15H2,1H3. The lowest BCUT2D eigenvalue weighted by molar-refractivity contribution is 0.460. The van der Waals surface area contributed by atoms with E-state index in [1.54, 1.807) is 19.4 Å². The molecule has 2 aromatic rings. The molecule has 3 rings (SSSR count). The molecule has 4 nitrogen and oxygen atoms in total. The van der Waals surface area contributed by atoms with E-state index in [1.807, 2.05) is 12.1 Å². The van der Waals surface area contributed by atoms with E-state index in [4.69, 9.17) is 0 Å². The molecule has 0 amide bonds. The zero-order valence-electron chi connectivity index (χ0n) is 14.1. The minimum Gasteiger partial charge on any atom is -0.265 e. The summed E-state index contributed by atoms with van der Waals surface area (Å²) in [5.41, 5.74) is 3.87. The summed E-state index contributed by atoms with van der Waals surface area (Å²) >= 11 is 0. The van der Waals surface area contributed by atoms with Crippen LogP contribution in [0.2, 0.25) is 0 Å². The maximum absolute atomic E-state index is 12.5. The summed E-state index contributed by atoms with van der Waals surface area (Å²) in [6, 6.07) is 12.3. The fraction of sp³-hybridized carbons (Fsp3) is 0.421. The van der Waals surface area contributed by atoms with Crippen molar-refractivity contribution in [3.63, 3.8) is 0 Å². The molecule has 0 atom stereocenters. The van der Waals surface area contributed by atoms with Gasteiger partial charge in [0.2, 0.25) is 10.0 Å². The van der Waals surface area contributed by atoms with Crippen LogP contribution in [0.1, 0.15) is 23.1 Å². The minimum atomic E-state index is -3.19. The van der Waals surface area contributed by atoms with Crippen molar-refractivity contribution in [2.24, 2.45) is 5.92 Å². The Morgan fingerprint density at radius 3 is 2.33 bits per heavy atom. The first-order valence-electron chi connectivity index (χ1n) is 8.44. The molecule has 5 heteroatoms. The summed E-state index contributed by atoms with van der Waals surface area (Å²) in [5, 5.41) is 0. The van der Waals surface area contributed by atoms with Gasteiger partial charge in [0.1, 0.15) is 0 Å². The van der Waals surface area contributed by atoms with Crippen LogP contribution >= 0.6 is 0 Å². The Balaban J connectivity index is 1.49. The number of fused-ring (bicyclic) bond motifs is 1. The maximum Gasteiger partial charge on any atom is 0.213 e. The molecule has 0 unspecified atom stereocenters. The van der Waals surface area contributed by atoms with E-state index in [1.165, 1.54) is 15.4 Å². The van der Waals surface area contributed by atoms with Gasteiger partial charge in [-0.3, -0.25) is 4.98 Å². The minimum absolute atomic E-state index is 0.235. The highest BCUT2D eigenvalue weighted by molar-refractivity contribution is 7.89. The summed E-state index contributed by atoms with van der Waals surface area (Å²) < 4.78 is 26.5. The first-order valence-corrected chi connectivity index (χ1v) is 10.1. The van der Waals surface area contributed by atoms with Gasteiger partial charge in [-0.05, 0) is 60.4 Å². The average molecular weight is 344 g/mol. The van der Waals surface area contributed by atoms with Crippen LogP contribution in [0.25, 0.3) is 0 Å². The highest BCUT2D eigenvalue weighted by Gasteiger charge is 2.24. The summed E-state index contributed by atoms with van der Waals surface area (Å²) in [5.74, 6) is 0.684. The van der Waals surface area contributed by atoms with Crippen molar-refractivity contribution < 1.29 is 8.42 Å². The first kappa shape index (κ1) is 17.1. The van der Waals surface area contributed by atoms with Crippen LogP contribution in [-0.2, 0) is 29.3 Å². The van der Waals surface area contributed by atoms with Crippen molar-refractivity contribution in [1.82, 2.24) is 9.29 Å². The molecule has 0 N–H and O–H groups in total. The van der Waals surface area contributed by atoms with Gasteiger partial charge in [-0.15, -0.1) is 0 Å². The Labute approximate surface area is 144 Å². The van der Waals surface area contributed by atoms with Crippen molar-refractivity contribution in [2.75, 3.05) is 19.3 Å². The smallest absolute Gasteiger partial charge is 0.213 e. The van der Waals surface area contributed by atoms with Crippen LogP contribution in [0.3, 0.4) is 0 Å². The van der Waals surface area contributed by atoms with Crippen LogP contribution in [-0.4, -0.2) is 37.1 Å². The van der Waals surface area contributed by atoms with E-state index in [0.717, 1.165) is 24.8 Å². The third-order valence-electron chi connectivity index (χ3n) is 4.86. The molecule has 1 aliphatic rings. The van der Waals surface area contributed by atoms with Gasteiger partial charge in [-0.25, -0.2) is 12.7 Å². The number of hydrogen-bond acceptors (Lipinski definition) is 3. The molecule has 0 saturated heterocycles. The van der Waals surface area contributed by atoms with Crippen molar-refractivity contribution in [1.29, 1.82) is 0 Å². The molecule has 1 aliphatic carbocycles. The number of nitrogens with zero attached hydrogens (tertiary/aromatic N) is 2. The number of aromatic nitrogens is 1. The number of rotatable bonds is 7. The van der Waals surface area contributed by atoms with Crippen molar-refractivity contribution in [3.05, 3.63) is 65.5 Å². The number of hydrogen-bond donors (Lipinski definition) is 0. The lowest BCUT2D eigenvalue weighted by Crippen LogP contribution is -2.31. The van der Waals surface area contributed by atoms with E-state index < -0.39 is 10.0 Å². The topological polar surface area (TPSA) is 50.3 Å². The molecule has 0 bridgehead atoms. The predicted octanol–water partition coefficient (Wildman–Crippen LogP) is 2.69. The fourth-order valence-corrected chi connectivity index (χ4v) is 4.61. The number of pyridine rings is 1. The Kier molecular flexibility index (Phi) is 5.31. The van der Waals surface area contributed by atoms with Crippen molar-refractivity contribution in [3.8, 4) is 0 Å². The summed E-state index contributed by atoms with van der Waals surface area (Å²) in [6.07, 6.45) is 6.94. The average Bonchev–Trinajstić information content (AvgIpc) is 3.02. The molecule has 0 aliphatic heterocycles. The second kappa shape index (κ2) is 7.45. The number of benzene rings is 1. The van der Waals surface area contributed by atoms with Crippen LogP contribution in [0.15, 0.2) is 48.8 Å². The molecular formula is C19H24N2O2S. The Morgan fingerprint density at radius 2 is 1.71 bits per heavy atom. The van der Waals surface area contributed by atoms with Crippen molar-refractivity contribution in [2.45, 2.75) is 25.7 Å². The molecule has 0 fully saturated rings. The highest BCUT2D eigenvalue weighted by atomic mass is 32.2. The van der Waals surface area contributed by atoms with Crippen LogP contribution in [0, 0.1) is 5.92 Å². The lowest BCUT2D eigenvalue weighted by Gasteiger charge is -2.18. The predicted molar refractivity (Wildman–Crippen MR) is 96.3 cm³/mol. The van der Waals surface area contributed by atoms with Gasteiger partial charge < -0.3 is 0 Å². The molecule has 0 radical (unpaired) electrons. The quantitative estimate of drug-likeness (QED) is 0.776. The zero-order chi connectivity index (χ0) is 17.0. The number of likely N-dealkylation sites (N-methyl/N-ethyl adjacent to an activating group) is 1. The van der Waals surface area contributed by atoms with E-state index in [-0.39, 0.29) is 5.75 Å². The molecule has 128 valence electrons. The summed E-state index contributed by atoms with van der Waals surface area (Å²) in [4.78, 5) is 3.98. The second-order valence-corrected chi connectivity index (χ2v) is 8.77. The fourth-order valence-electron chi connectivity index (χ4n) is 3.30. The van der Waals surface area contributed by atoms with Gasteiger partial charge in [0, 0.05) is 26.0 Å². The lowest BCUT2D eigenvalue weighted by atomic mass is 10.0. The van der Waals surface area contributed by atoms with Crippen LogP contribution < -0.4 is 0 Å². The molecule has 1 aromatic carbocycles. The summed E-state index contributed by atoms with van der Waals surface area (Å²) in [6.45, 7) is 0.511. The zero-order valence-corrected chi connectivity index (χ0v) is 14.9. The van der Waals surface area contributed by atoms with E-state index in [9.17, 15) is 8.42 Å². The molecule has 1 aromatic heterocycles. The van der Waals surface area contributed by atoms with Crippen LogP contribution in [0.5, 0.6) is 0 Å². The largest absolute Gasteiger partial charge is 0.265 e.